The molecule has 114 valence electrons. The van der Waals surface area contributed by atoms with Gasteiger partial charge in [0.2, 0.25) is 0 Å². The second-order valence-electron chi connectivity index (χ2n) is 5.06. The Kier molecular flexibility index (Phi) is 6.18. The predicted molar refractivity (Wildman–Crippen MR) is 83.3 cm³/mol. The molecule has 0 amide bonds. The number of piperazine rings is 1. The molecule has 1 atom stereocenters. The summed E-state index contributed by atoms with van der Waals surface area (Å²) in [7, 11) is 0. The van der Waals surface area contributed by atoms with Crippen molar-refractivity contribution in [3.05, 3.63) is 24.3 Å². The molecular weight excluding hydrogens is 268 g/mol. The summed E-state index contributed by atoms with van der Waals surface area (Å²) in [5.41, 5.74) is 5.23. The van der Waals surface area contributed by atoms with E-state index in [4.69, 9.17) is 0 Å². The minimum atomic E-state index is -0.329. The SMILES string of the molecule is O=CCCC(C=O)Nc1cccc(NN2CCNCC2)c1. The minimum Gasteiger partial charge on any atom is -0.375 e. The van der Waals surface area contributed by atoms with E-state index < -0.39 is 0 Å². The van der Waals surface area contributed by atoms with Gasteiger partial charge in [-0.15, -0.1) is 0 Å². The number of rotatable bonds is 8. The van der Waals surface area contributed by atoms with E-state index in [-0.39, 0.29) is 6.04 Å². The lowest BCUT2D eigenvalue weighted by atomic mass is 10.1. The third-order valence-corrected chi connectivity index (χ3v) is 3.38. The highest BCUT2D eigenvalue weighted by molar-refractivity contribution is 5.67. The largest absolute Gasteiger partial charge is 0.375 e. The van der Waals surface area contributed by atoms with Crippen LogP contribution in [0, 0.1) is 0 Å². The van der Waals surface area contributed by atoms with Crippen molar-refractivity contribution in [3.8, 4) is 0 Å². The van der Waals surface area contributed by atoms with Gasteiger partial charge in [-0.05, 0) is 24.6 Å². The molecule has 1 heterocycles. The molecule has 0 bridgehead atoms. The summed E-state index contributed by atoms with van der Waals surface area (Å²) >= 11 is 0. The van der Waals surface area contributed by atoms with Crippen LogP contribution in [0.25, 0.3) is 0 Å². The summed E-state index contributed by atoms with van der Waals surface area (Å²) in [6.07, 6.45) is 2.58. The van der Waals surface area contributed by atoms with E-state index >= 15 is 0 Å². The van der Waals surface area contributed by atoms with E-state index in [1.807, 2.05) is 24.3 Å². The number of anilines is 2. The Morgan fingerprint density at radius 3 is 2.71 bits per heavy atom. The van der Waals surface area contributed by atoms with Crippen LogP contribution < -0.4 is 16.1 Å². The van der Waals surface area contributed by atoms with Crippen LogP contribution in [-0.4, -0.2) is 49.8 Å². The van der Waals surface area contributed by atoms with Crippen LogP contribution in [0.15, 0.2) is 24.3 Å². The van der Waals surface area contributed by atoms with E-state index in [9.17, 15) is 9.59 Å². The van der Waals surface area contributed by atoms with Gasteiger partial charge in [-0.2, -0.15) is 0 Å². The molecule has 0 saturated carbocycles. The number of hydrogen-bond donors (Lipinski definition) is 3. The zero-order valence-corrected chi connectivity index (χ0v) is 12.0. The standard InChI is InChI=1S/C15H22N4O2/c20-10-2-5-15(12-21)17-13-3-1-4-14(11-13)18-19-8-6-16-7-9-19/h1,3-4,10-12,15-18H,2,5-9H2. The van der Waals surface area contributed by atoms with Crippen LogP contribution in [0.5, 0.6) is 0 Å². The van der Waals surface area contributed by atoms with Crippen molar-refractivity contribution < 1.29 is 9.59 Å². The van der Waals surface area contributed by atoms with Gasteiger partial charge in [0.05, 0.1) is 11.7 Å². The van der Waals surface area contributed by atoms with Gasteiger partial charge in [0.15, 0.2) is 0 Å². The topological polar surface area (TPSA) is 73.5 Å². The summed E-state index contributed by atoms with van der Waals surface area (Å²) in [5.74, 6) is 0. The highest BCUT2D eigenvalue weighted by Gasteiger charge is 2.10. The Hall–Kier alpha value is -1.92. The van der Waals surface area contributed by atoms with Crippen molar-refractivity contribution in [1.29, 1.82) is 0 Å². The molecule has 0 aromatic heterocycles. The van der Waals surface area contributed by atoms with E-state index in [1.165, 1.54) is 0 Å². The van der Waals surface area contributed by atoms with Gasteiger partial charge in [0.1, 0.15) is 12.6 Å². The van der Waals surface area contributed by atoms with Crippen molar-refractivity contribution in [3.63, 3.8) is 0 Å². The highest BCUT2D eigenvalue weighted by Crippen LogP contribution is 2.17. The number of carbonyl (C=O) groups excluding carboxylic acids is 2. The smallest absolute Gasteiger partial charge is 0.142 e. The molecule has 1 aliphatic rings. The molecule has 6 heteroatoms. The highest BCUT2D eigenvalue weighted by atomic mass is 16.1. The second kappa shape index (κ2) is 8.39. The van der Waals surface area contributed by atoms with E-state index in [0.717, 1.165) is 50.1 Å². The molecule has 6 nitrogen and oxygen atoms in total. The summed E-state index contributed by atoms with van der Waals surface area (Å²) in [6, 6.07) is 7.49. The van der Waals surface area contributed by atoms with Gasteiger partial charge in [-0.3, -0.25) is 0 Å². The zero-order valence-electron chi connectivity index (χ0n) is 12.0. The summed E-state index contributed by atoms with van der Waals surface area (Å²) in [4.78, 5) is 21.4. The number of benzene rings is 1. The molecule has 0 spiro atoms. The molecule has 2 rings (SSSR count). The zero-order chi connectivity index (χ0) is 14.9. The third kappa shape index (κ3) is 5.17. The fourth-order valence-corrected chi connectivity index (χ4v) is 2.27. The first kappa shape index (κ1) is 15.5. The fourth-order valence-electron chi connectivity index (χ4n) is 2.27. The number of hydrazine groups is 1. The summed E-state index contributed by atoms with van der Waals surface area (Å²) in [5, 5.41) is 8.61. The molecule has 21 heavy (non-hydrogen) atoms. The average molecular weight is 290 g/mol. The van der Waals surface area contributed by atoms with Gasteiger partial charge in [0.25, 0.3) is 0 Å². The predicted octanol–water partition coefficient (Wildman–Crippen LogP) is 0.877. The van der Waals surface area contributed by atoms with Crippen LogP contribution in [0.1, 0.15) is 12.8 Å². The van der Waals surface area contributed by atoms with Crippen molar-refractivity contribution in [1.82, 2.24) is 10.3 Å². The monoisotopic (exact) mass is 290 g/mol. The van der Waals surface area contributed by atoms with Crippen LogP contribution in [0.4, 0.5) is 11.4 Å². The molecule has 1 unspecified atom stereocenters. The van der Waals surface area contributed by atoms with E-state index in [0.29, 0.717) is 12.8 Å². The first-order chi connectivity index (χ1) is 10.3. The lowest BCUT2D eigenvalue weighted by molar-refractivity contribution is -0.109. The Morgan fingerprint density at radius 2 is 2.00 bits per heavy atom. The maximum absolute atomic E-state index is 11.0. The maximum Gasteiger partial charge on any atom is 0.142 e. The number of hydrogen-bond acceptors (Lipinski definition) is 6. The van der Waals surface area contributed by atoms with Gasteiger partial charge >= 0.3 is 0 Å². The normalized spacial score (nSPS) is 17.0. The second-order valence-corrected chi connectivity index (χ2v) is 5.06. The van der Waals surface area contributed by atoms with Crippen LogP contribution in [0.2, 0.25) is 0 Å². The lowest BCUT2D eigenvalue weighted by Gasteiger charge is -2.28. The van der Waals surface area contributed by atoms with Crippen LogP contribution in [-0.2, 0) is 9.59 Å². The van der Waals surface area contributed by atoms with E-state index in [1.54, 1.807) is 0 Å². The van der Waals surface area contributed by atoms with Crippen LogP contribution in [0.3, 0.4) is 0 Å². The van der Waals surface area contributed by atoms with Gasteiger partial charge in [0, 0.05) is 38.3 Å². The molecule has 1 fully saturated rings. The molecule has 3 N–H and O–H groups in total. The lowest BCUT2D eigenvalue weighted by Crippen LogP contribution is -2.46. The number of aldehydes is 2. The summed E-state index contributed by atoms with van der Waals surface area (Å²) < 4.78 is 0. The van der Waals surface area contributed by atoms with Crippen LogP contribution >= 0.6 is 0 Å². The number of carbonyl (C=O) groups is 2. The Balaban J connectivity index is 1.92. The maximum atomic E-state index is 11.0. The fraction of sp³-hybridized carbons (Fsp3) is 0.467. The first-order valence-corrected chi connectivity index (χ1v) is 7.29. The molecule has 1 aromatic rings. The number of nitrogens with zero attached hydrogens (tertiary/aromatic N) is 1. The molecule has 1 aliphatic heterocycles. The van der Waals surface area contributed by atoms with Crippen molar-refractivity contribution in [2.24, 2.45) is 0 Å². The quantitative estimate of drug-likeness (QED) is 0.617. The Morgan fingerprint density at radius 1 is 1.24 bits per heavy atom. The van der Waals surface area contributed by atoms with Crippen molar-refractivity contribution in [2.75, 3.05) is 36.9 Å². The molecular formula is C15H22N4O2. The minimum absolute atomic E-state index is 0.329. The van der Waals surface area contributed by atoms with Gasteiger partial charge in [-0.25, -0.2) is 5.01 Å². The first-order valence-electron chi connectivity index (χ1n) is 7.29. The van der Waals surface area contributed by atoms with Gasteiger partial charge < -0.3 is 25.6 Å². The molecule has 1 aromatic carbocycles. The third-order valence-electron chi connectivity index (χ3n) is 3.38. The number of nitrogens with one attached hydrogen (secondary N) is 3. The molecule has 1 saturated heterocycles. The molecule has 0 aliphatic carbocycles. The Bertz CT molecular complexity index is 461. The Labute approximate surface area is 124 Å². The molecule has 0 radical (unpaired) electrons. The summed E-state index contributed by atoms with van der Waals surface area (Å²) in [6.45, 7) is 3.86. The van der Waals surface area contributed by atoms with Crippen molar-refractivity contribution >= 4 is 23.9 Å². The van der Waals surface area contributed by atoms with Crippen molar-refractivity contribution in [2.45, 2.75) is 18.9 Å². The van der Waals surface area contributed by atoms with Gasteiger partial charge in [-0.1, -0.05) is 6.07 Å². The average Bonchev–Trinajstić information content (AvgIpc) is 2.53. The van der Waals surface area contributed by atoms with E-state index in [2.05, 4.69) is 21.1 Å².